The minimum Gasteiger partial charge on any atom is -0.337 e. The van der Waals surface area contributed by atoms with Crippen LogP contribution in [0.1, 0.15) is 38.9 Å². The molecule has 1 aliphatic rings. The number of benzene rings is 1. The molecule has 1 unspecified atom stereocenters. The minimum absolute atomic E-state index is 0.0370. The van der Waals surface area contributed by atoms with E-state index in [1.165, 1.54) is 11.3 Å². The summed E-state index contributed by atoms with van der Waals surface area (Å²) in [5.74, 6) is -0.186. The van der Waals surface area contributed by atoms with Crippen LogP contribution >= 0.6 is 11.3 Å². The highest BCUT2D eigenvalue weighted by atomic mass is 32.1. The van der Waals surface area contributed by atoms with Crippen LogP contribution < -0.4 is 5.32 Å². The van der Waals surface area contributed by atoms with Crippen LogP contribution in [-0.2, 0) is 7.05 Å². The van der Waals surface area contributed by atoms with Crippen LogP contribution in [0, 0.1) is 0 Å². The third kappa shape index (κ3) is 3.68. The monoisotopic (exact) mass is 432 g/mol. The van der Waals surface area contributed by atoms with Crippen molar-refractivity contribution in [1.29, 1.82) is 0 Å². The van der Waals surface area contributed by atoms with Crippen LogP contribution in [0.3, 0.4) is 0 Å². The molecule has 4 heterocycles. The molecule has 1 aromatic carbocycles. The first-order valence-electron chi connectivity index (χ1n) is 9.98. The number of aromatic nitrogens is 4. The number of amides is 2. The Labute approximate surface area is 182 Å². The number of fused-ring (bicyclic) bond motifs is 1. The van der Waals surface area contributed by atoms with Crippen LogP contribution in [0.25, 0.3) is 10.9 Å². The van der Waals surface area contributed by atoms with E-state index in [0.29, 0.717) is 29.5 Å². The summed E-state index contributed by atoms with van der Waals surface area (Å²) in [6.07, 6.45) is 4.07. The molecule has 0 radical (unpaired) electrons. The molecule has 5 rings (SSSR count). The summed E-state index contributed by atoms with van der Waals surface area (Å²) >= 11 is 1.37. The molecule has 0 saturated carbocycles. The average Bonchev–Trinajstić information content (AvgIpc) is 3.54. The molecule has 0 aliphatic carbocycles. The number of nitrogens with zero attached hydrogens (tertiary/aromatic N) is 5. The Morgan fingerprint density at radius 2 is 2.06 bits per heavy atom. The maximum atomic E-state index is 13.0. The molecule has 1 fully saturated rings. The van der Waals surface area contributed by atoms with E-state index in [1.54, 1.807) is 30.2 Å². The minimum atomic E-state index is -0.212. The SMILES string of the molecule is Cn1nccc1C(=O)N1CCC(c2cc(C(=O)Nc3nccs3)c3ccccc3n2)C1. The first-order valence-corrected chi connectivity index (χ1v) is 10.9. The van der Waals surface area contributed by atoms with Crippen molar-refractivity contribution in [1.82, 2.24) is 24.6 Å². The fraction of sp³-hybridized carbons (Fsp3) is 0.227. The molecule has 31 heavy (non-hydrogen) atoms. The van der Waals surface area contributed by atoms with E-state index in [9.17, 15) is 9.59 Å². The van der Waals surface area contributed by atoms with E-state index in [0.717, 1.165) is 23.0 Å². The Hall–Kier alpha value is -3.59. The molecule has 8 nitrogen and oxygen atoms in total. The quantitative estimate of drug-likeness (QED) is 0.534. The Kier molecular flexibility index (Phi) is 4.95. The number of pyridine rings is 1. The van der Waals surface area contributed by atoms with Gasteiger partial charge in [0.05, 0.1) is 11.1 Å². The van der Waals surface area contributed by atoms with Crippen molar-refractivity contribution in [3.63, 3.8) is 0 Å². The van der Waals surface area contributed by atoms with Crippen LogP contribution in [0.2, 0.25) is 0 Å². The topological polar surface area (TPSA) is 93.0 Å². The van der Waals surface area contributed by atoms with E-state index < -0.39 is 0 Å². The van der Waals surface area contributed by atoms with Crippen molar-refractivity contribution in [2.24, 2.45) is 7.05 Å². The maximum absolute atomic E-state index is 13.0. The number of para-hydroxylation sites is 1. The number of aryl methyl sites for hydroxylation is 1. The van der Waals surface area contributed by atoms with Gasteiger partial charge < -0.3 is 4.90 Å². The van der Waals surface area contributed by atoms with E-state index in [2.05, 4.69) is 15.4 Å². The van der Waals surface area contributed by atoms with Gasteiger partial charge in [0.15, 0.2) is 5.13 Å². The van der Waals surface area contributed by atoms with Gasteiger partial charge in [-0.25, -0.2) is 4.98 Å². The van der Waals surface area contributed by atoms with Crippen LogP contribution in [-0.4, -0.2) is 49.6 Å². The zero-order valence-electron chi connectivity index (χ0n) is 16.9. The molecule has 156 valence electrons. The van der Waals surface area contributed by atoms with E-state index in [4.69, 9.17) is 4.98 Å². The van der Waals surface area contributed by atoms with Gasteiger partial charge in [-0.15, -0.1) is 11.3 Å². The van der Waals surface area contributed by atoms with Crippen LogP contribution in [0.15, 0.2) is 54.2 Å². The van der Waals surface area contributed by atoms with Crippen LogP contribution in [0.5, 0.6) is 0 Å². The summed E-state index contributed by atoms with van der Waals surface area (Å²) in [6, 6.07) is 11.2. The van der Waals surface area contributed by atoms with Crippen molar-refractivity contribution in [3.8, 4) is 0 Å². The second kappa shape index (κ2) is 7.92. The van der Waals surface area contributed by atoms with Crippen molar-refractivity contribution >= 4 is 39.2 Å². The fourth-order valence-corrected chi connectivity index (χ4v) is 4.50. The van der Waals surface area contributed by atoms with Crippen molar-refractivity contribution in [2.45, 2.75) is 12.3 Å². The number of hydrogen-bond donors (Lipinski definition) is 1. The zero-order chi connectivity index (χ0) is 21.4. The molecule has 0 spiro atoms. The Morgan fingerprint density at radius 3 is 2.84 bits per heavy atom. The van der Waals surface area contributed by atoms with Gasteiger partial charge in [-0.05, 0) is 24.6 Å². The van der Waals surface area contributed by atoms with Crippen molar-refractivity contribution in [2.75, 3.05) is 18.4 Å². The molecule has 9 heteroatoms. The molecule has 1 saturated heterocycles. The van der Waals surface area contributed by atoms with Gasteiger partial charge in [0.1, 0.15) is 5.69 Å². The highest BCUT2D eigenvalue weighted by Gasteiger charge is 2.31. The summed E-state index contributed by atoms with van der Waals surface area (Å²) in [7, 11) is 1.76. The van der Waals surface area contributed by atoms with Crippen molar-refractivity contribution in [3.05, 3.63) is 71.1 Å². The summed E-state index contributed by atoms with van der Waals surface area (Å²) in [5.41, 5.74) is 2.71. The maximum Gasteiger partial charge on any atom is 0.272 e. The summed E-state index contributed by atoms with van der Waals surface area (Å²) in [5, 5.41) is 10.1. The number of likely N-dealkylation sites (tertiary alicyclic amines) is 1. The molecule has 1 N–H and O–H groups in total. The lowest BCUT2D eigenvalue weighted by Gasteiger charge is -2.17. The predicted octanol–water partition coefficient (Wildman–Crippen LogP) is 3.31. The van der Waals surface area contributed by atoms with Gasteiger partial charge in [-0.3, -0.25) is 24.6 Å². The van der Waals surface area contributed by atoms with Gasteiger partial charge in [0, 0.05) is 54.9 Å². The Morgan fingerprint density at radius 1 is 1.19 bits per heavy atom. The van der Waals surface area contributed by atoms with Gasteiger partial charge in [0.2, 0.25) is 0 Å². The molecule has 3 aromatic heterocycles. The lowest BCUT2D eigenvalue weighted by molar-refractivity contribution is 0.0779. The Balaban J connectivity index is 1.44. The molecular weight excluding hydrogens is 412 g/mol. The smallest absolute Gasteiger partial charge is 0.272 e. The number of hydrogen-bond acceptors (Lipinski definition) is 6. The lowest BCUT2D eigenvalue weighted by Crippen LogP contribution is -2.30. The number of rotatable bonds is 4. The largest absolute Gasteiger partial charge is 0.337 e. The van der Waals surface area contributed by atoms with Gasteiger partial charge in [-0.1, -0.05) is 18.2 Å². The molecule has 0 bridgehead atoms. The number of thiazole rings is 1. The first-order chi connectivity index (χ1) is 15.1. The van der Waals surface area contributed by atoms with Crippen molar-refractivity contribution < 1.29 is 9.59 Å². The second-order valence-corrected chi connectivity index (χ2v) is 8.37. The second-order valence-electron chi connectivity index (χ2n) is 7.48. The van der Waals surface area contributed by atoms with E-state index in [-0.39, 0.29) is 17.7 Å². The molecule has 1 aliphatic heterocycles. The predicted molar refractivity (Wildman–Crippen MR) is 118 cm³/mol. The number of nitrogens with one attached hydrogen (secondary N) is 1. The molecular formula is C22H20N6O2S. The standard InChI is InChI=1S/C22H20N6O2S/c1-27-19(6-8-24-27)21(30)28-10-7-14(13-28)18-12-16(15-4-2-3-5-17(15)25-18)20(29)26-22-23-9-11-31-22/h2-6,8-9,11-12,14H,7,10,13H2,1H3,(H,23,26,29). The summed E-state index contributed by atoms with van der Waals surface area (Å²) in [6.45, 7) is 1.20. The fourth-order valence-electron chi connectivity index (χ4n) is 3.97. The first kappa shape index (κ1) is 19.4. The third-order valence-electron chi connectivity index (χ3n) is 5.57. The van der Waals surface area contributed by atoms with Gasteiger partial charge >= 0.3 is 0 Å². The normalized spacial score (nSPS) is 16.0. The zero-order valence-corrected chi connectivity index (χ0v) is 17.7. The number of anilines is 1. The van der Waals surface area contributed by atoms with E-state index in [1.807, 2.05) is 40.6 Å². The number of carbonyl (C=O) groups excluding carboxylic acids is 2. The van der Waals surface area contributed by atoms with Gasteiger partial charge in [-0.2, -0.15) is 5.10 Å². The van der Waals surface area contributed by atoms with E-state index >= 15 is 0 Å². The number of carbonyl (C=O) groups is 2. The summed E-state index contributed by atoms with van der Waals surface area (Å²) < 4.78 is 1.59. The van der Waals surface area contributed by atoms with Crippen LogP contribution in [0.4, 0.5) is 5.13 Å². The van der Waals surface area contributed by atoms with Gasteiger partial charge in [0.25, 0.3) is 11.8 Å². The molecule has 2 amide bonds. The molecule has 4 aromatic rings. The highest BCUT2D eigenvalue weighted by molar-refractivity contribution is 7.13. The highest BCUT2D eigenvalue weighted by Crippen LogP contribution is 2.30. The average molecular weight is 433 g/mol. The lowest BCUT2D eigenvalue weighted by atomic mass is 9.99. The molecule has 1 atom stereocenters. The summed E-state index contributed by atoms with van der Waals surface area (Å²) in [4.78, 5) is 36.7. The third-order valence-corrected chi connectivity index (χ3v) is 6.26. The Bertz CT molecular complexity index is 1270.